The Labute approximate surface area is 143 Å². The van der Waals surface area contributed by atoms with Crippen LogP contribution in [0.5, 0.6) is 0 Å². The molecular formula is C13H9BrINO4S. The Balaban J connectivity index is 2.38. The summed E-state index contributed by atoms with van der Waals surface area (Å²) < 4.78 is 28.2. The van der Waals surface area contributed by atoms with Crippen LogP contribution in [-0.2, 0) is 10.0 Å². The molecule has 0 aliphatic carbocycles. The van der Waals surface area contributed by atoms with Crippen LogP contribution < -0.4 is 4.72 Å². The molecule has 21 heavy (non-hydrogen) atoms. The molecule has 0 fully saturated rings. The molecule has 0 aliphatic heterocycles. The number of halogens is 2. The maximum Gasteiger partial charge on any atom is 0.336 e. The fourth-order valence-electron chi connectivity index (χ4n) is 1.57. The van der Waals surface area contributed by atoms with E-state index in [1.165, 1.54) is 12.1 Å². The van der Waals surface area contributed by atoms with Crippen LogP contribution in [-0.4, -0.2) is 19.5 Å². The molecule has 0 atom stereocenters. The summed E-state index contributed by atoms with van der Waals surface area (Å²) >= 11 is 5.11. The van der Waals surface area contributed by atoms with Crippen molar-refractivity contribution in [2.75, 3.05) is 4.72 Å². The average Bonchev–Trinajstić information content (AvgIpc) is 2.41. The number of hydrogen-bond acceptors (Lipinski definition) is 3. The van der Waals surface area contributed by atoms with Gasteiger partial charge in [0.1, 0.15) is 0 Å². The van der Waals surface area contributed by atoms with Crippen LogP contribution in [0.4, 0.5) is 5.69 Å². The minimum atomic E-state index is -3.83. The number of anilines is 1. The van der Waals surface area contributed by atoms with Crippen LogP contribution in [0, 0.1) is 3.57 Å². The normalized spacial score (nSPS) is 11.1. The molecule has 2 rings (SSSR count). The zero-order valence-corrected chi connectivity index (χ0v) is 14.9. The van der Waals surface area contributed by atoms with Crippen molar-refractivity contribution in [2.24, 2.45) is 0 Å². The third kappa shape index (κ3) is 3.95. The Hall–Kier alpha value is -1.13. The first kappa shape index (κ1) is 16.2. The minimum absolute atomic E-state index is 0.0470. The van der Waals surface area contributed by atoms with Crippen LogP contribution >= 0.6 is 38.5 Å². The highest BCUT2D eigenvalue weighted by atomic mass is 127. The molecule has 0 bridgehead atoms. The highest BCUT2D eigenvalue weighted by Crippen LogP contribution is 2.21. The number of carboxylic acid groups (broad SMARTS) is 1. The van der Waals surface area contributed by atoms with Crippen molar-refractivity contribution in [3.63, 3.8) is 0 Å². The summed E-state index contributed by atoms with van der Waals surface area (Å²) in [5.74, 6) is -1.17. The number of hydrogen-bond donors (Lipinski definition) is 2. The van der Waals surface area contributed by atoms with E-state index in [0.717, 1.165) is 10.5 Å². The van der Waals surface area contributed by atoms with Gasteiger partial charge >= 0.3 is 5.97 Å². The first-order valence-corrected chi connectivity index (χ1v) is 8.96. The summed E-state index contributed by atoms with van der Waals surface area (Å²) in [7, 11) is -3.83. The van der Waals surface area contributed by atoms with E-state index in [9.17, 15) is 13.2 Å². The lowest BCUT2D eigenvalue weighted by Gasteiger charge is -2.09. The molecule has 0 spiro atoms. The van der Waals surface area contributed by atoms with Crippen LogP contribution in [0.15, 0.2) is 51.8 Å². The third-order valence-electron chi connectivity index (χ3n) is 2.57. The van der Waals surface area contributed by atoms with E-state index < -0.39 is 16.0 Å². The van der Waals surface area contributed by atoms with E-state index in [-0.39, 0.29) is 10.5 Å². The first-order valence-electron chi connectivity index (χ1n) is 5.61. The predicted molar refractivity (Wildman–Crippen MR) is 91.1 cm³/mol. The number of nitrogens with one attached hydrogen (secondary N) is 1. The fraction of sp³-hybridized carbons (Fsp3) is 0. The van der Waals surface area contributed by atoms with Crippen LogP contribution in [0.1, 0.15) is 10.4 Å². The molecule has 0 saturated heterocycles. The molecule has 2 aromatic rings. The van der Waals surface area contributed by atoms with Gasteiger partial charge in [0.05, 0.1) is 10.5 Å². The van der Waals surface area contributed by atoms with Gasteiger partial charge in [-0.2, -0.15) is 0 Å². The van der Waals surface area contributed by atoms with Crippen molar-refractivity contribution < 1.29 is 18.3 Å². The van der Waals surface area contributed by atoms with Crippen molar-refractivity contribution in [3.05, 3.63) is 56.1 Å². The van der Waals surface area contributed by atoms with Crippen LogP contribution in [0.25, 0.3) is 0 Å². The van der Waals surface area contributed by atoms with Gasteiger partial charge in [0.15, 0.2) is 0 Å². The van der Waals surface area contributed by atoms with Gasteiger partial charge < -0.3 is 5.11 Å². The molecule has 0 radical (unpaired) electrons. The molecule has 5 nitrogen and oxygen atoms in total. The molecule has 8 heteroatoms. The second-order valence-electron chi connectivity index (χ2n) is 4.06. The van der Waals surface area contributed by atoms with Gasteiger partial charge in [-0.15, -0.1) is 0 Å². The molecule has 2 N–H and O–H groups in total. The molecule has 0 heterocycles. The summed E-state index contributed by atoms with van der Waals surface area (Å²) in [6.07, 6.45) is 0. The first-order chi connectivity index (χ1) is 9.79. The van der Waals surface area contributed by atoms with Crippen molar-refractivity contribution >= 4 is 60.2 Å². The molecule has 0 aliphatic rings. The van der Waals surface area contributed by atoms with E-state index in [4.69, 9.17) is 5.11 Å². The number of sulfonamides is 1. The highest BCUT2D eigenvalue weighted by molar-refractivity contribution is 14.1. The van der Waals surface area contributed by atoms with Crippen LogP contribution in [0.2, 0.25) is 0 Å². The topological polar surface area (TPSA) is 83.5 Å². The van der Waals surface area contributed by atoms with Gasteiger partial charge in [0.2, 0.25) is 0 Å². The third-order valence-corrected chi connectivity index (χ3v) is 5.42. The molecular weight excluding hydrogens is 473 g/mol. The van der Waals surface area contributed by atoms with Crippen LogP contribution in [0.3, 0.4) is 0 Å². The fourth-order valence-corrected chi connectivity index (χ4v) is 3.48. The lowest BCUT2D eigenvalue weighted by molar-refractivity contribution is 0.0695. The van der Waals surface area contributed by atoms with E-state index in [0.29, 0.717) is 9.26 Å². The summed E-state index contributed by atoms with van der Waals surface area (Å²) in [6.45, 7) is 0. The summed E-state index contributed by atoms with van der Waals surface area (Å²) in [5, 5.41) is 9.05. The number of carboxylic acids is 1. The zero-order valence-electron chi connectivity index (χ0n) is 10.4. The van der Waals surface area contributed by atoms with E-state index in [2.05, 4.69) is 20.7 Å². The van der Waals surface area contributed by atoms with Gasteiger partial charge in [0, 0.05) is 13.7 Å². The number of benzene rings is 2. The Morgan fingerprint density at radius 2 is 1.76 bits per heavy atom. The Kier molecular flexibility index (Phi) is 4.89. The number of carbonyl (C=O) groups is 1. The quantitative estimate of drug-likeness (QED) is 0.654. The monoisotopic (exact) mass is 481 g/mol. The largest absolute Gasteiger partial charge is 0.478 e. The van der Waals surface area contributed by atoms with E-state index in [1.807, 2.05) is 22.6 Å². The predicted octanol–water partition coefficient (Wildman–Crippen LogP) is 3.55. The zero-order chi connectivity index (χ0) is 15.6. The summed E-state index contributed by atoms with van der Waals surface area (Å²) in [5.41, 5.74) is 0.350. The lowest BCUT2D eigenvalue weighted by atomic mass is 10.2. The Morgan fingerprint density at radius 3 is 2.33 bits per heavy atom. The van der Waals surface area contributed by atoms with E-state index >= 15 is 0 Å². The molecule has 110 valence electrons. The Bertz CT molecular complexity index is 790. The lowest BCUT2D eigenvalue weighted by Crippen LogP contribution is -2.14. The number of rotatable bonds is 4. The summed E-state index contributed by atoms with van der Waals surface area (Å²) in [4.78, 5) is 11.0. The second-order valence-corrected chi connectivity index (χ2v) is 7.82. The Morgan fingerprint density at radius 1 is 1.14 bits per heavy atom. The molecule has 0 aromatic heterocycles. The standard InChI is InChI=1S/C13H9BrINO4S/c14-8-1-3-9(4-2-8)16-21(19,20)10-5-6-12(15)11(7-10)13(17)18/h1-7,16H,(H,17,18). The van der Waals surface area contributed by atoms with Gasteiger partial charge in [-0.1, -0.05) is 15.9 Å². The van der Waals surface area contributed by atoms with Gasteiger partial charge in [0.25, 0.3) is 10.0 Å². The van der Waals surface area contributed by atoms with Gasteiger partial charge in [-0.25, -0.2) is 13.2 Å². The highest BCUT2D eigenvalue weighted by Gasteiger charge is 2.18. The SMILES string of the molecule is O=C(O)c1cc(S(=O)(=O)Nc2ccc(Br)cc2)ccc1I. The van der Waals surface area contributed by atoms with Gasteiger partial charge in [-0.3, -0.25) is 4.72 Å². The molecule has 0 amide bonds. The number of aromatic carboxylic acids is 1. The maximum absolute atomic E-state index is 12.3. The van der Waals surface area contributed by atoms with Crippen molar-refractivity contribution in [3.8, 4) is 0 Å². The molecule has 2 aromatic carbocycles. The van der Waals surface area contributed by atoms with Crippen molar-refractivity contribution in [2.45, 2.75) is 4.90 Å². The molecule has 0 unspecified atom stereocenters. The smallest absolute Gasteiger partial charge is 0.336 e. The van der Waals surface area contributed by atoms with E-state index in [1.54, 1.807) is 24.3 Å². The van der Waals surface area contributed by atoms with Crippen molar-refractivity contribution in [1.82, 2.24) is 0 Å². The summed E-state index contributed by atoms with van der Waals surface area (Å²) in [6, 6.07) is 10.6. The average molecular weight is 482 g/mol. The molecule has 0 saturated carbocycles. The van der Waals surface area contributed by atoms with Gasteiger partial charge in [-0.05, 0) is 65.1 Å². The minimum Gasteiger partial charge on any atom is -0.478 e. The maximum atomic E-state index is 12.3. The second kappa shape index (κ2) is 6.32. The van der Waals surface area contributed by atoms with Crippen molar-refractivity contribution in [1.29, 1.82) is 0 Å².